The number of sulfonamides is 1. The number of fused-ring (bicyclic) bond motifs is 1. The van der Waals surface area contributed by atoms with Crippen molar-refractivity contribution in [2.75, 3.05) is 14.1 Å². The highest BCUT2D eigenvalue weighted by Gasteiger charge is 2.19. The molecule has 0 N–H and O–H groups in total. The zero-order valence-corrected chi connectivity index (χ0v) is 17.8. The molecule has 8 nitrogen and oxygen atoms in total. The largest absolute Gasteiger partial charge is 0.431 e. The van der Waals surface area contributed by atoms with Crippen molar-refractivity contribution >= 4 is 44.5 Å². The summed E-state index contributed by atoms with van der Waals surface area (Å²) in [7, 11) is -0.587. The number of hydrogen-bond donors (Lipinski definition) is 0. The lowest BCUT2D eigenvalue weighted by molar-refractivity contribution is 0.391. The number of rotatable bonds is 6. The standard InChI is InChI=1S/C18H15ClN4O4S2/c1-23(2)29(24,25)11-7-8-15-14(9-11)20-18(26-15)28-10-16-21-17(22-27-16)12-5-3-4-6-13(12)19/h3-9H,10H2,1-2H3. The van der Waals surface area contributed by atoms with Crippen molar-refractivity contribution in [2.24, 2.45) is 0 Å². The average molecular weight is 451 g/mol. The van der Waals surface area contributed by atoms with Crippen LogP contribution in [0.3, 0.4) is 0 Å². The number of nitrogens with zero attached hydrogens (tertiary/aromatic N) is 4. The van der Waals surface area contributed by atoms with Crippen LogP contribution in [0.1, 0.15) is 5.89 Å². The molecular weight excluding hydrogens is 436 g/mol. The second kappa shape index (κ2) is 7.79. The molecule has 0 saturated carbocycles. The van der Waals surface area contributed by atoms with Gasteiger partial charge in [0.25, 0.3) is 5.22 Å². The van der Waals surface area contributed by atoms with Gasteiger partial charge in [-0.15, -0.1) is 0 Å². The molecule has 2 heterocycles. The van der Waals surface area contributed by atoms with Crippen LogP contribution in [0.4, 0.5) is 0 Å². The average Bonchev–Trinajstić information content (AvgIpc) is 3.32. The molecule has 0 spiro atoms. The Hall–Kier alpha value is -2.40. The summed E-state index contributed by atoms with van der Waals surface area (Å²) in [6, 6.07) is 11.8. The molecule has 0 amide bonds. The van der Waals surface area contributed by atoms with Gasteiger partial charge in [-0.05, 0) is 30.3 Å². The molecule has 4 aromatic rings. The number of thioether (sulfide) groups is 1. The Bertz CT molecular complexity index is 1280. The predicted molar refractivity (Wildman–Crippen MR) is 109 cm³/mol. The molecule has 0 aliphatic carbocycles. The van der Waals surface area contributed by atoms with E-state index in [0.29, 0.717) is 44.4 Å². The summed E-state index contributed by atoms with van der Waals surface area (Å²) in [5.41, 5.74) is 1.64. The summed E-state index contributed by atoms with van der Waals surface area (Å²) in [5, 5.41) is 4.86. The van der Waals surface area contributed by atoms with E-state index in [0.717, 1.165) is 4.31 Å². The molecule has 0 aliphatic heterocycles. The van der Waals surface area contributed by atoms with E-state index in [1.807, 2.05) is 18.2 Å². The maximum atomic E-state index is 12.3. The molecule has 0 saturated heterocycles. The van der Waals surface area contributed by atoms with Gasteiger partial charge in [0.1, 0.15) is 5.52 Å². The Morgan fingerprint density at radius 1 is 1.14 bits per heavy atom. The van der Waals surface area contributed by atoms with Gasteiger partial charge in [-0.3, -0.25) is 0 Å². The first-order valence-corrected chi connectivity index (χ1v) is 11.2. The number of benzene rings is 2. The van der Waals surface area contributed by atoms with Gasteiger partial charge < -0.3 is 8.94 Å². The third-order valence-corrected chi connectivity index (χ3v) is 6.97. The molecule has 0 fully saturated rings. The molecule has 4 rings (SSSR count). The van der Waals surface area contributed by atoms with Crippen molar-refractivity contribution in [3.8, 4) is 11.4 Å². The van der Waals surface area contributed by atoms with E-state index < -0.39 is 10.0 Å². The highest BCUT2D eigenvalue weighted by atomic mass is 35.5. The van der Waals surface area contributed by atoms with E-state index in [-0.39, 0.29) is 4.90 Å². The van der Waals surface area contributed by atoms with Gasteiger partial charge in [0, 0.05) is 19.7 Å². The van der Waals surface area contributed by atoms with E-state index in [4.69, 9.17) is 20.5 Å². The van der Waals surface area contributed by atoms with Crippen molar-refractivity contribution in [3.05, 3.63) is 53.4 Å². The van der Waals surface area contributed by atoms with Crippen LogP contribution >= 0.6 is 23.4 Å². The normalized spacial score (nSPS) is 12.1. The lowest BCUT2D eigenvalue weighted by atomic mass is 10.2. The minimum Gasteiger partial charge on any atom is -0.431 e. The van der Waals surface area contributed by atoms with E-state index in [1.165, 1.54) is 38.0 Å². The zero-order chi connectivity index (χ0) is 20.6. The molecule has 0 atom stereocenters. The quantitative estimate of drug-likeness (QED) is 0.405. The van der Waals surface area contributed by atoms with Crippen LogP contribution in [0.25, 0.3) is 22.5 Å². The zero-order valence-electron chi connectivity index (χ0n) is 15.4. The molecule has 0 bridgehead atoms. The minimum atomic E-state index is -3.54. The van der Waals surface area contributed by atoms with Gasteiger partial charge in [-0.1, -0.05) is 40.7 Å². The van der Waals surface area contributed by atoms with Gasteiger partial charge in [-0.25, -0.2) is 17.7 Å². The summed E-state index contributed by atoms with van der Waals surface area (Å²) >= 11 is 7.42. The molecule has 150 valence electrons. The van der Waals surface area contributed by atoms with E-state index in [9.17, 15) is 8.42 Å². The fraction of sp³-hybridized carbons (Fsp3) is 0.167. The SMILES string of the molecule is CN(C)S(=O)(=O)c1ccc2oc(SCc3nc(-c4ccccc4Cl)no3)nc2c1. The summed E-state index contributed by atoms with van der Waals surface area (Å²) in [5.74, 6) is 1.14. The number of hydrogen-bond acceptors (Lipinski definition) is 8. The Kier molecular flexibility index (Phi) is 5.34. The first-order chi connectivity index (χ1) is 13.8. The topological polar surface area (TPSA) is 102 Å². The maximum Gasteiger partial charge on any atom is 0.257 e. The van der Waals surface area contributed by atoms with Gasteiger partial charge in [-0.2, -0.15) is 4.98 Å². The first kappa shape index (κ1) is 19.9. The Morgan fingerprint density at radius 2 is 1.93 bits per heavy atom. The molecular formula is C18H15ClN4O4S2. The van der Waals surface area contributed by atoms with Crippen molar-refractivity contribution < 1.29 is 17.4 Å². The van der Waals surface area contributed by atoms with Crippen molar-refractivity contribution in [3.63, 3.8) is 0 Å². The smallest absolute Gasteiger partial charge is 0.257 e. The summed E-state index contributed by atoms with van der Waals surface area (Å²) in [4.78, 5) is 8.84. The highest BCUT2D eigenvalue weighted by Crippen LogP contribution is 2.29. The molecule has 0 radical (unpaired) electrons. The van der Waals surface area contributed by atoms with Gasteiger partial charge >= 0.3 is 0 Å². The predicted octanol–water partition coefficient (Wildman–Crippen LogP) is 4.07. The molecule has 29 heavy (non-hydrogen) atoms. The number of aromatic nitrogens is 3. The molecule has 0 aliphatic rings. The fourth-order valence-electron chi connectivity index (χ4n) is 2.51. The third-order valence-electron chi connectivity index (χ3n) is 4.02. The third kappa shape index (κ3) is 4.01. The Labute approximate surface area is 175 Å². The van der Waals surface area contributed by atoms with Crippen LogP contribution in [-0.4, -0.2) is 41.9 Å². The summed E-state index contributed by atoms with van der Waals surface area (Å²) in [6.07, 6.45) is 0. The van der Waals surface area contributed by atoms with Crippen LogP contribution in [0, 0.1) is 0 Å². The molecule has 0 unspecified atom stereocenters. The highest BCUT2D eigenvalue weighted by molar-refractivity contribution is 7.98. The maximum absolute atomic E-state index is 12.3. The van der Waals surface area contributed by atoms with Gasteiger partial charge in [0.2, 0.25) is 21.7 Å². The second-order valence-corrected chi connectivity index (χ2v) is 9.66. The molecule has 11 heteroatoms. The lowest BCUT2D eigenvalue weighted by Gasteiger charge is -2.10. The summed E-state index contributed by atoms with van der Waals surface area (Å²) < 4.78 is 36.6. The van der Waals surface area contributed by atoms with E-state index in [1.54, 1.807) is 12.1 Å². The van der Waals surface area contributed by atoms with E-state index >= 15 is 0 Å². The van der Waals surface area contributed by atoms with Crippen LogP contribution < -0.4 is 0 Å². The monoisotopic (exact) mass is 450 g/mol. The van der Waals surface area contributed by atoms with E-state index in [2.05, 4.69) is 15.1 Å². The van der Waals surface area contributed by atoms with Gasteiger partial charge in [0.05, 0.1) is 15.7 Å². The molecule has 2 aromatic heterocycles. The van der Waals surface area contributed by atoms with Crippen LogP contribution in [0.15, 0.2) is 61.5 Å². The number of halogens is 1. The Morgan fingerprint density at radius 3 is 2.69 bits per heavy atom. The van der Waals surface area contributed by atoms with Crippen molar-refractivity contribution in [1.82, 2.24) is 19.4 Å². The van der Waals surface area contributed by atoms with Crippen LogP contribution in [0.5, 0.6) is 0 Å². The van der Waals surface area contributed by atoms with Crippen molar-refractivity contribution in [2.45, 2.75) is 15.9 Å². The fourth-order valence-corrected chi connectivity index (χ4v) is 4.33. The first-order valence-electron chi connectivity index (χ1n) is 8.38. The second-order valence-electron chi connectivity index (χ2n) is 6.18. The van der Waals surface area contributed by atoms with Crippen LogP contribution in [0.2, 0.25) is 5.02 Å². The van der Waals surface area contributed by atoms with Gasteiger partial charge in [0.15, 0.2) is 5.58 Å². The minimum absolute atomic E-state index is 0.154. The molecule has 2 aromatic carbocycles. The summed E-state index contributed by atoms with van der Waals surface area (Å²) in [6.45, 7) is 0. The van der Waals surface area contributed by atoms with Crippen molar-refractivity contribution in [1.29, 1.82) is 0 Å². The van der Waals surface area contributed by atoms with Crippen LogP contribution in [-0.2, 0) is 15.8 Å². The lowest BCUT2D eigenvalue weighted by Crippen LogP contribution is -2.22. The number of oxazole rings is 1. The Balaban J connectivity index is 1.51.